The molecule has 2 aromatic carbocycles. The molecule has 2 rings (SSSR count). The second kappa shape index (κ2) is 12.6. The second-order valence-corrected chi connectivity index (χ2v) is 10.6. The van der Waals surface area contributed by atoms with Crippen LogP contribution in [0.4, 0.5) is 5.69 Å². The normalized spacial score (nSPS) is 13.1. The number of nitrogens with zero attached hydrogens (tertiary/aromatic N) is 2. The third kappa shape index (κ3) is 7.87. The molecule has 34 heavy (non-hydrogen) atoms. The fraction of sp³-hybridized carbons (Fsp3) is 0.462. The molecule has 2 aromatic rings. The highest BCUT2D eigenvalue weighted by Crippen LogP contribution is 2.23. The summed E-state index contributed by atoms with van der Waals surface area (Å²) in [6, 6.07) is 16.2. The van der Waals surface area contributed by atoms with Crippen LogP contribution in [0.15, 0.2) is 54.6 Å². The van der Waals surface area contributed by atoms with E-state index in [1.807, 2.05) is 63.2 Å². The number of aryl methyl sites for hydroxylation is 1. The number of carbonyl (C=O) groups excluding carboxylic acids is 2. The molecule has 0 aromatic heterocycles. The van der Waals surface area contributed by atoms with Crippen LogP contribution in [0.2, 0.25) is 0 Å². The van der Waals surface area contributed by atoms with Crippen LogP contribution in [0.1, 0.15) is 51.2 Å². The van der Waals surface area contributed by atoms with E-state index in [1.54, 1.807) is 24.0 Å². The summed E-state index contributed by atoms with van der Waals surface area (Å²) in [4.78, 5) is 27.6. The molecule has 8 heteroatoms. The van der Waals surface area contributed by atoms with E-state index in [4.69, 9.17) is 0 Å². The summed E-state index contributed by atoms with van der Waals surface area (Å²) >= 11 is 0. The van der Waals surface area contributed by atoms with Gasteiger partial charge in [-0.15, -0.1) is 0 Å². The van der Waals surface area contributed by atoms with Crippen LogP contribution < -0.4 is 9.62 Å². The minimum Gasteiger partial charge on any atom is -0.352 e. The van der Waals surface area contributed by atoms with Crippen LogP contribution in [0.5, 0.6) is 0 Å². The number of hydrogen-bond donors (Lipinski definition) is 1. The first-order valence-electron chi connectivity index (χ1n) is 11.7. The molecule has 0 bridgehead atoms. The number of sulfonamides is 1. The standard InChI is InChI=1S/C26H37N3O4S/c1-6-21(3)27-26(31)22(4)28(19-23-14-8-7-9-15-23)25(30)17-12-18-29(34(5,32)33)24-16-11-10-13-20(24)2/h7-11,13-16,21-22H,6,12,17-19H2,1-5H3,(H,27,31)/t21-,22-/m1/s1. The van der Waals surface area contributed by atoms with E-state index in [0.29, 0.717) is 18.7 Å². The first kappa shape index (κ1) is 27.4. The van der Waals surface area contributed by atoms with Crippen molar-refractivity contribution in [1.29, 1.82) is 0 Å². The van der Waals surface area contributed by atoms with Gasteiger partial charge in [0, 0.05) is 25.6 Å². The van der Waals surface area contributed by atoms with Gasteiger partial charge in [0.1, 0.15) is 6.04 Å². The molecule has 0 spiro atoms. The Balaban J connectivity index is 2.15. The maximum absolute atomic E-state index is 13.3. The van der Waals surface area contributed by atoms with Crippen molar-refractivity contribution in [1.82, 2.24) is 10.2 Å². The van der Waals surface area contributed by atoms with E-state index in [0.717, 1.165) is 17.5 Å². The lowest BCUT2D eigenvalue weighted by Gasteiger charge is -2.30. The van der Waals surface area contributed by atoms with Crippen molar-refractivity contribution in [3.8, 4) is 0 Å². The van der Waals surface area contributed by atoms with Crippen molar-refractivity contribution < 1.29 is 18.0 Å². The lowest BCUT2D eigenvalue weighted by Crippen LogP contribution is -2.49. The Kier molecular flexibility index (Phi) is 10.1. The summed E-state index contributed by atoms with van der Waals surface area (Å²) < 4.78 is 26.2. The number of amides is 2. The molecule has 2 atom stereocenters. The van der Waals surface area contributed by atoms with Gasteiger partial charge in [-0.1, -0.05) is 55.5 Å². The summed E-state index contributed by atoms with van der Waals surface area (Å²) in [7, 11) is -3.51. The summed E-state index contributed by atoms with van der Waals surface area (Å²) in [5, 5.41) is 2.95. The van der Waals surface area contributed by atoms with E-state index in [1.165, 1.54) is 10.6 Å². The van der Waals surface area contributed by atoms with E-state index in [9.17, 15) is 18.0 Å². The molecule has 7 nitrogen and oxygen atoms in total. The van der Waals surface area contributed by atoms with Gasteiger partial charge in [0.25, 0.3) is 0 Å². The van der Waals surface area contributed by atoms with Gasteiger partial charge in [-0.3, -0.25) is 13.9 Å². The monoisotopic (exact) mass is 487 g/mol. The molecule has 0 aliphatic carbocycles. The van der Waals surface area contributed by atoms with Gasteiger partial charge < -0.3 is 10.2 Å². The minimum atomic E-state index is -3.51. The van der Waals surface area contributed by atoms with Gasteiger partial charge in [-0.25, -0.2) is 8.42 Å². The van der Waals surface area contributed by atoms with E-state index < -0.39 is 16.1 Å². The first-order chi connectivity index (χ1) is 16.0. The van der Waals surface area contributed by atoms with Gasteiger partial charge in [-0.2, -0.15) is 0 Å². The van der Waals surface area contributed by atoms with Gasteiger partial charge in [-0.05, 0) is 50.8 Å². The maximum Gasteiger partial charge on any atom is 0.242 e. The van der Waals surface area contributed by atoms with Crippen LogP contribution >= 0.6 is 0 Å². The van der Waals surface area contributed by atoms with Crippen LogP contribution in [0.25, 0.3) is 0 Å². The van der Waals surface area contributed by atoms with E-state index in [-0.39, 0.29) is 30.8 Å². The summed E-state index contributed by atoms with van der Waals surface area (Å²) in [5.74, 6) is -0.384. The van der Waals surface area contributed by atoms with Crippen molar-refractivity contribution in [3.63, 3.8) is 0 Å². The first-order valence-corrected chi connectivity index (χ1v) is 13.6. The largest absolute Gasteiger partial charge is 0.352 e. The molecular weight excluding hydrogens is 450 g/mol. The highest BCUT2D eigenvalue weighted by Gasteiger charge is 2.27. The molecule has 2 amide bonds. The summed E-state index contributed by atoms with van der Waals surface area (Å²) in [5.41, 5.74) is 2.39. The minimum absolute atomic E-state index is 0.0149. The quantitative estimate of drug-likeness (QED) is 0.492. The Morgan fingerprint density at radius 3 is 2.21 bits per heavy atom. The van der Waals surface area contributed by atoms with Gasteiger partial charge >= 0.3 is 0 Å². The van der Waals surface area contributed by atoms with Gasteiger partial charge in [0.2, 0.25) is 21.8 Å². The molecular formula is C26H37N3O4S. The van der Waals surface area contributed by atoms with Crippen LogP contribution in [0, 0.1) is 6.92 Å². The molecule has 0 radical (unpaired) electrons. The fourth-order valence-electron chi connectivity index (χ4n) is 3.65. The predicted octanol–water partition coefficient (Wildman–Crippen LogP) is 3.87. The van der Waals surface area contributed by atoms with Gasteiger partial charge in [0.15, 0.2) is 0 Å². The topological polar surface area (TPSA) is 86.8 Å². The lowest BCUT2D eigenvalue weighted by atomic mass is 10.1. The Bertz CT molecular complexity index is 1060. The number of anilines is 1. The van der Waals surface area contributed by atoms with Crippen molar-refractivity contribution in [2.24, 2.45) is 0 Å². The van der Waals surface area contributed by atoms with E-state index in [2.05, 4.69) is 5.32 Å². The van der Waals surface area contributed by atoms with Crippen LogP contribution in [-0.2, 0) is 26.2 Å². The lowest BCUT2D eigenvalue weighted by molar-refractivity contribution is -0.140. The smallest absolute Gasteiger partial charge is 0.242 e. The van der Waals surface area contributed by atoms with Crippen molar-refractivity contribution >= 4 is 27.5 Å². The van der Waals surface area contributed by atoms with Crippen molar-refractivity contribution in [2.45, 2.75) is 65.6 Å². The second-order valence-electron chi connectivity index (χ2n) is 8.73. The van der Waals surface area contributed by atoms with Crippen LogP contribution in [-0.4, -0.2) is 50.0 Å². The molecule has 0 saturated carbocycles. The highest BCUT2D eigenvalue weighted by atomic mass is 32.2. The third-order valence-electron chi connectivity index (χ3n) is 5.90. The molecule has 186 valence electrons. The Morgan fingerprint density at radius 1 is 1.00 bits per heavy atom. The fourth-order valence-corrected chi connectivity index (χ4v) is 4.68. The molecule has 0 unspecified atom stereocenters. The van der Waals surface area contributed by atoms with Gasteiger partial charge in [0.05, 0.1) is 11.9 Å². The number of carbonyl (C=O) groups is 2. The number of nitrogens with one attached hydrogen (secondary N) is 1. The zero-order valence-corrected chi connectivity index (χ0v) is 21.6. The number of para-hydroxylation sites is 1. The zero-order valence-electron chi connectivity index (χ0n) is 20.8. The predicted molar refractivity (Wildman–Crippen MR) is 137 cm³/mol. The summed E-state index contributed by atoms with van der Waals surface area (Å²) in [6.07, 6.45) is 2.44. The Labute approximate surface area is 204 Å². The Morgan fingerprint density at radius 2 is 1.62 bits per heavy atom. The average molecular weight is 488 g/mol. The number of benzene rings is 2. The SMILES string of the molecule is CC[C@@H](C)NC(=O)[C@@H](C)N(Cc1ccccc1)C(=O)CCCN(c1ccccc1C)S(C)(=O)=O. The average Bonchev–Trinajstić information content (AvgIpc) is 2.80. The highest BCUT2D eigenvalue weighted by molar-refractivity contribution is 7.92. The number of rotatable bonds is 12. The van der Waals surface area contributed by atoms with Crippen molar-refractivity contribution in [3.05, 3.63) is 65.7 Å². The van der Waals surface area contributed by atoms with Crippen LogP contribution in [0.3, 0.4) is 0 Å². The maximum atomic E-state index is 13.3. The van der Waals surface area contributed by atoms with E-state index >= 15 is 0 Å². The number of hydrogen-bond acceptors (Lipinski definition) is 4. The molecule has 0 aliphatic heterocycles. The molecule has 0 saturated heterocycles. The Hall–Kier alpha value is -2.87. The molecule has 0 aliphatic rings. The van der Waals surface area contributed by atoms with Crippen molar-refractivity contribution in [2.75, 3.05) is 17.1 Å². The molecule has 1 N–H and O–H groups in total. The summed E-state index contributed by atoms with van der Waals surface area (Å²) in [6.45, 7) is 8.00. The zero-order chi connectivity index (χ0) is 25.3. The third-order valence-corrected chi connectivity index (χ3v) is 7.08. The molecule has 0 heterocycles. The molecule has 0 fully saturated rings.